The summed E-state index contributed by atoms with van der Waals surface area (Å²) in [5, 5.41) is 0. The van der Waals surface area contributed by atoms with Gasteiger partial charge in [0.1, 0.15) is 11.3 Å². The Morgan fingerprint density at radius 3 is 2.38 bits per heavy atom. The SMILES string of the molecule is C=Cc1cccc(CN2CCC3(CC2)C(=O)N(Cc2cccc(OC)c2)C(=O)N3CCOC)c1. The van der Waals surface area contributed by atoms with E-state index in [1.54, 1.807) is 19.1 Å². The molecule has 2 aliphatic rings. The molecule has 0 aliphatic carbocycles. The Bertz CT molecular complexity index is 1050. The van der Waals surface area contributed by atoms with Gasteiger partial charge < -0.3 is 14.4 Å². The molecule has 1 spiro atoms. The van der Waals surface area contributed by atoms with E-state index in [-0.39, 0.29) is 18.5 Å². The van der Waals surface area contributed by atoms with E-state index in [0.717, 1.165) is 30.8 Å². The molecule has 7 nitrogen and oxygen atoms in total. The quantitative estimate of drug-likeness (QED) is 0.530. The van der Waals surface area contributed by atoms with Crippen LogP contribution in [0, 0.1) is 0 Å². The van der Waals surface area contributed by atoms with Crippen molar-refractivity contribution in [1.82, 2.24) is 14.7 Å². The van der Waals surface area contributed by atoms with Crippen molar-refractivity contribution in [1.29, 1.82) is 0 Å². The van der Waals surface area contributed by atoms with Crippen LogP contribution >= 0.6 is 0 Å². The van der Waals surface area contributed by atoms with E-state index in [1.165, 1.54) is 10.5 Å². The number of benzene rings is 2. The summed E-state index contributed by atoms with van der Waals surface area (Å²) in [7, 11) is 3.22. The maximum Gasteiger partial charge on any atom is 0.328 e. The fourth-order valence-electron chi connectivity index (χ4n) is 5.01. The first-order chi connectivity index (χ1) is 16.5. The number of imide groups is 1. The van der Waals surface area contributed by atoms with E-state index in [2.05, 4.69) is 23.6 Å². The van der Waals surface area contributed by atoms with Crippen LogP contribution in [0.3, 0.4) is 0 Å². The summed E-state index contributed by atoms with van der Waals surface area (Å²) in [6.45, 7) is 7.18. The molecule has 34 heavy (non-hydrogen) atoms. The minimum absolute atomic E-state index is 0.107. The molecule has 4 rings (SSSR count). The molecule has 0 radical (unpaired) electrons. The first-order valence-electron chi connectivity index (χ1n) is 11.7. The van der Waals surface area contributed by atoms with Gasteiger partial charge in [-0.2, -0.15) is 0 Å². The number of nitrogens with zero attached hydrogens (tertiary/aromatic N) is 3. The van der Waals surface area contributed by atoms with E-state index in [0.29, 0.717) is 31.7 Å². The molecular formula is C27H33N3O4. The molecule has 0 saturated carbocycles. The molecule has 2 saturated heterocycles. The van der Waals surface area contributed by atoms with Crippen molar-refractivity contribution in [2.75, 3.05) is 40.5 Å². The van der Waals surface area contributed by atoms with E-state index in [4.69, 9.17) is 9.47 Å². The molecule has 0 N–H and O–H groups in total. The van der Waals surface area contributed by atoms with Crippen LogP contribution in [0.4, 0.5) is 4.79 Å². The Hall–Kier alpha value is -3.16. The summed E-state index contributed by atoms with van der Waals surface area (Å²) in [6, 6.07) is 15.6. The normalized spacial score (nSPS) is 18.1. The van der Waals surface area contributed by atoms with Gasteiger partial charge in [-0.05, 0) is 41.7 Å². The van der Waals surface area contributed by atoms with Crippen molar-refractivity contribution < 1.29 is 19.1 Å². The zero-order valence-corrected chi connectivity index (χ0v) is 20.0. The summed E-state index contributed by atoms with van der Waals surface area (Å²) in [4.78, 5) is 32.6. The largest absolute Gasteiger partial charge is 0.497 e. The van der Waals surface area contributed by atoms with Crippen molar-refractivity contribution in [3.8, 4) is 5.75 Å². The maximum absolute atomic E-state index is 13.7. The molecule has 0 aromatic heterocycles. The topological polar surface area (TPSA) is 62.3 Å². The molecule has 2 heterocycles. The zero-order valence-electron chi connectivity index (χ0n) is 20.0. The van der Waals surface area contributed by atoms with Crippen LogP contribution < -0.4 is 4.74 Å². The molecule has 3 amide bonds. The highest BCUT2D eigenvalue weighted by Gasteiger charge is 2.57. The third kappa shape index (κ3) is 4.72. The summed E-state index contributed by atoms with van der Waals surface area (Å²) in [5.41, 5.74) is 2.37. The monoisotopic (exact) mass is 463 g/mol. The third-order valence-corrected chi connectivity index (χ3v) is 6.89. The molecular weight excluding hydrogens is 430 g/mol. The Kier molecular flexibility index (Phi) is 7.34. The van der Waals surface area contributed by atoms with Gasteiger partial charge in [0.25, 0.3) is 5.91 Å². The summed E-state index contributed by atoms with van der Waals surface area (Å²) >= 11 is 0. The number of carbonyl (C=O) groups is 2. The lowest BCUT2D eigenvalue weighted by Gasteiger charge is -2.42. The fourth-order valence-corrected chi connectivity index (χ4v) is 5.01. The van der Waals surface area contributed by atoms with Gasteiger partial charge in [0.15, 0.2) is 0 Å². The minimum Gasteiger partial charge on any atom is -0.497 e. The first kappa shape index (κ1) is 24.0. The van der Waals surface area contributed by atoms with E-state index in [9.17, 15) is 9.59 Å². The average Bonchev–Trinajstić information content (AvgIpc) is 3.05. The van der Waals surface area contributed by atoms with Crippen LogP contribution in [-0.4, -0.2) is 72.6 Å². The molecule has 0 bridgehead atoms. The smallest absolute Gasteiger partial charge is 0.328 e. The predicted molar refractivity (Wildman–Crippen MR) is 131 cm³/mol. The van der Waals surface area contributed by atoms with Crippen LogP contribution in [0.15, 0.2) is 55.1 Å². The molecule has 2 aliphatic heterocycles. The second kappa shape index (κ2) is 10.4. The second-order valence-corrected chi connectivity index (χ2v) is 8.93. The fraction of sp³-hybridized carbons (Fsp3) is 0.407. The molecule has 180 valence electrons. The number of hydrogen-bond acceptors (Lipinski definition) is 5. The Labute approximate surface area is 201 Å². The van der Waals surface area contributed by atoms with Gasteiger partial charge in [-0.15, -0.1) is 0 Å². The second-order valence-electron chi connectivity index (χ2n) is 8.93. The Morgan fingerprint density at radius 1 is 1.00 bits per heavy atom. The lowest BCUT2D eigenvalue weighted by molar-refractivity contribution is -0.136. The van der Waals surface area contributed by atoms with Crippen LogP contribution in [0.2, 0.25) is 0 Å². The molecule has 2 aromatic carbocycles. The van der Waals surface area contributed by atoms with Gasteiger partial charge in [-0.1, -0.05) is 49.1 Å². The maximum atomic E-state index is 13.7. The van der Waals surface area contributed by atoms with Crippen molar-refractivity contribution in [2.45, 2.75) is 31.5 Å². The van der Waals surface area contributed by atoms with Crippen LogP contribution in [-0.2, 0) is 22.6 Å². The number of hydrogen-bond donors (Lipinski definition) is 0. The predicted octanol–water partition coefficient (Wildman–Crippen LogP) is 3.78. The van der Waals surface area contributed by atoms with E-state index < -0.39 is 5.54 Å². The molecule has 2 aromatic rings. The Morgan fingerprint density at radius 2 is 1.71 bits per heavy atom. The lowest BCUT2D eigenvalue weighted by Crippen LogP contribution is -2.57. The average molecular weight is 464 g/mol. The zero-order chi connectivity index (χ0) is 24.1. The van der Waals surface area contributed by atoms with Crippen molar-refractivity contribution in [3.63, 3.8) is 0 Å². The number of amides is 3. The van der Waals surface area contributed by atoms with Crippen LogP contribution in [0.1, 0.15) is 29.5 Å². The highest BCUT2D eigenvalue weighted by molar-refractivity contribution is 6.07. The summed E-state index contributed by atoms with van der Waals surface area (Å²) in [5.74, 6) is 0.598. The van der Waals surface area contributed by atoms with Gasteiger partial charge in [-0.25, -0.2) is 4.79 Å². The number of carbonyl (C=O) groups excluding carboxylic acids is 2. The number of rotatable bonds is 9. The van der Waals surface area contributed by atoms with Crippen molar-refractivity contribution >= 4 is 18.0 Å². The van der Waals surface area contributed by atoms with Crippen LogP contribution in [0.25, 0.3) is 6.08 Å². The number of ether oxygens (including phenoxy) is 2. The van der Waals surface area contributed by atoms with Crippen LogP contribution in [0.5, 0.6) is 5.75 Å². The standard InChI is InChI=1S/C27H33N3O4/c1-4-21-7-5-8-22(17-21)19-28-13-11-27(12-14-28)25(31)29(26(32)30(27)15-16-33-2)20-23-9-6-10-24(18-23)34-3/h4-10,17-18H,1,11-16,19-20H2,2-3H3. The summed E-state index contributed by atoms with van der Waals surface area (Å²) in [6.07, 6.45) is 3.07. The first-order valence-corrected chi connectivity index (χ1v) is 11.7. The molecule has 0 unspecified atom stereocenters. The highest BCUT2D eigenvalue weighted by Crippen LogP contribution is 2.38. The summed E-state index contributed by atoms with van der Waals surface area (Å²) < 4.78 is 10.6. The van der Waals surface area contributed by atoms with E-state index in [1.807, 2.05) is 42.5 Å². The molecule has 2 fully saturated rings. The number of piperidine rings is 1. The highest BCUT2D eigenvalue weighted by atomic mass is 16.5. The third-order valence-electron chi connectivity index (χ3n) is 6.89. The number of likely N-dealkylation sites (tertiary alicyclic amines) is 1. The van der Waals surface area contributed by atoms with Gasteiger partial charge in [0.05, 0.1) is 20.3 Å². The number of urea groups is 1. The lowest BCUT2D eigenvalue weighted by atomic mass is 9.85. The van der Waals surface area contributed by atoms with Gasteiger partial charge in [0.2, 0.25) is 0 Å². The number of methoxy groups -OCH3 is 2. The molecule has 0 atom stereocenters. The van der Waals surface area contributed by atoms with Crippen molar-refractivity contribution in [3.05, 3.63) is 71.8 Å². The molecule has 7 heteroatoms. The van der Waals surface area contributed by atoms with Crippen molar-refractivity contribution in [2.24, 2.45) is 0 Å². The van der Waals surface area contributed by atoms with Gasteiger partial charge in [0, 0.05) is 33.3 Å². The van der Waals surface area contributed by atoms with E-state index >= 15 is 0 Å². The minimum atomic E-state index is -0.812. The Balaban J connectivity index is 1.51. The van der Waals surface area contributed by atoms with Gasteiger partial charge >= 0.3 is 6.03 Å². The van der Waals surface area contributed by atoms with Gasteiger partial charge in [-0.3, -0.25) is 14.6 Å².